The van der Waals surface area contributed by atoms with Gasteiger partial charge < -0.3 is 9.72 Å². The second-order valence-corrected chi connectivity index (χ2v) is 7.96. The molecule has 0 fully saturated rings. The Balaban J connectivity index is 2.02. The maximum Gasteiger partial charge on any atom is 0.348 e. The molecule has 1 aromatic carbocycles. The minimum Gasteiger partial charge on any atom is -0.459 e. The van der Waals surface area contributed by atoms with Crippen LogP contribution in [-0.2, 0) is 11.2 Å². The molecule has 0 aliphatic heterocycles. The number of aromatic amines is 1. The first kappa shape index (κ1) is 18.9. The van der Waals surface area contributed by atoms with Crippen molar-refractivity contribution in [2.75, 3.05) is 0 Å². The fourth-order valence-corrected chi connectivity index (χ4v) is 4.14. The topological polar surface area (TPSA) is 72.0 Å². The van der Waals surface area contributed by atoms with Gasteiger partial charge in [-0.2, -0.15) is 0 Å². The maximum atomic E-state index is 12.5. The van der Waals surface area contributed by atoms with Crippen LogP contribution in [0.2, 0.25) is 10.0 Å². The van der Waals surface area contributed by atoms with E-state index < -0.39 is 5.97 Å². The van der Waals surface area contributed by atoms with E-state index in [-0.39, 0.29) is 11.7 Å². The maximum absolute atomic E-state index is 12.5. The van der Waals surface area contributed by atoms with Gasteiger partial charge in [0.1, 0.15) is 15.5 Å². The first-order valence-corrected chi connectivity index (χ1v) is 9.50. The van der Waals surface area contributed by atoms with Gasteiger partial charge in [0.15, 0.2) is 0 Å². The molecule has 0 saturated carbocycles. The van der Waals surface area contributed by atoms with Gasteiger partial charge in [0.2, 0.25) is 0 Å². The molecule has 8 heteroatoms. The van der Waals surface area contributed by atoms with E-state index in [0.717, 1.165) is 16.9 Å². The summed E-state index contributed by atoms with van der Waals surface area (Å²) in [5.41, 5.74) is 1.10. The van der Waals surface area contributed by atoms with Crippen LogP contribution in [-0.4, -0.2) is 22.0 Å². The summed E-state index contributed by atoms with van der Waals surface area (Å²) >= 11 is 13.3. The van der Waals surface area contributed by atoms with Crippen LogP contribution in [0.25, 0.3) is 10.2 Å². The number of rotatable bonds is 4. The van der Waals surface area contributed by atoms with Gasteiger partial charge in [0, 0.05) is 16.5 Å². The van der Waals surface area contributed by atoms with Crippen LogP contribution >= 0.6 is 34.5 Å². The molecular formula is C18H16Cl2N2O3S. The summed E-state index contributed by atoms with van der Waals surface area (Å²) in [4.78, 5) is 32.9. The molecule has 0 aliphatic rings. The summed E-state index contributed by atoms with van der Waals surface area (Å²) in [7, 11) is 0. The van der Waals surface area contributed by atoms with Gasteiger partial charge in [-0.1, -0.05) is 29.3 Å². The van der Waals surface area contributed by atoms with Crippen LogP contribution in [0, 0.1) is 6.92 Å². The summed E-state index contributed by atoms with van der Waals surface area (Å²) in [5.74, 6) is 0.0268. The molecular weight excluding hydrogens is 395 g/mol. The second kappa shape index (κ2) is 7.39. The molecule has 2 aromatic heterocycles. The van der Waals surface area contributed by atoms with Crippen molar-refractivity contribution in [3.8, 4) is 0 Å². The van der Waals surface area contributed by atoms with Crippen LogP contribution in [0.1, 0.15) is 40.5 Å². The highest BCUT2D eigenvalue weighted by molar-refractivity contribution is 7.20. The average molecular weight is 411 g/mol. The lowest BCUT2D eigenvalue weighted by Gasteiger charge is -2.06. The van der Waals surface area contributed by atoms with Crippen molar-refractivity contribution in [2.45, 2.75) is 33.3 Å². The number of ether oxygens (including phenoxy) is 1. The molecule has 0 unspecified atom stereocenters. The zero-order valence-corrected chi connectivity index (χ0v) is 16.7. The number of halogens is 2. The fraction of sp³-hybridized carbons (Fsp3) is 0.278. The number of carbonyl (C=O) groups is 1. The molecule has 26 heavy (non-hydrogen) atoms. The third-order valence-electron chi connectivity index (χ3n) is 3.75. The molecule has 0 spiro atoms. The first-order valence-electron chi connectivity index (χ1n) is 7.93. The highest BCUT2D eigenvalue weighted by Gasteiger charge is 2.21. The number of benzene rings is 1. The minimum absolute atomic E-state index is 0.235. The third kappa shape index (κ3) is 3.77. The van der Waals surface area contributed by atoms with Crippen molar-refractivity contribution in [1.29, 1.82) is 0 Å². The number of aryl methyl sites for hydroxylation is 1. The lowest BCUT2D eigenvalue weighted by molar-refractivity contribution is 0.0383. The largest absolute Gasteiger partial charge is 0.459 e. The Hall–Kier alpha value is -1.89. The monoisotopic (exact) mass is 410 g/mol. The molecule has 0 radical (unpaired) electrons. The van der Waals surface area contributed by atoms with Crippen molar-refractivity contribution in [3.63, 3.8) is 0 Å². The lowest BCUT2D eigenvalue weighted by atomic mass is 10.1. The summed E-state index contributed by atoms with van der Waals surface area (Å²) in [5, 5.41) is 1.46. The number of nitrogens with one attached hydrogen (secondary N) is 1. The van der Waals surface area contributed by atoms with Crippen molar-refractivity contribution in [1.82, 2.24) is 9.97 Å². The summed E-state index contributed by atoms with van der Waals surface area (Å²) in [6, 6.07) is 5.17. The standard InChI is InChI=1S/C18H16Cl2N2O3S/c1-8(2)25-18(24)15-9(3)14-16(23)21-13(22-17(14)26-15)6-10-4-5-11(19)7-12(10)20/h4-5,7-8H,6H2,1-3H3,(H,21,22,23). The average Bonchev–Trinajstić information content (AvgIpc) is 2.87. The van der Waals surface area contributed by atoms with Crippen LogP contribution in [0.15, 0.2) is 23.0 Å². The Morgan fingerprint density at radius 2 is 2.08 bits per heavy atom. The zero-order valence-electron chi connectivity index (χ0n) is 14.4. The number of hydrogen-bond acceptors (Lipinski definition) is 5. The van der Waals surface area contributed by atoms with E-state index in [4.69, 9.17) is 27.9 Å². The van der Waals surface area contributed by atoms with Crippen LogP contribution in [0.5, 0.6) is 0 Å². The molecule has 0 saturated heterocycles. The number of nitrogens with zero attached hydrogens (tertiary/aromatic N) is 1. The molecule has 3 aromatic rings. The number of aromatic nitrogens is 2. The Labute approximate surface area is 163 Å². The Bertz CT molecular complexity index is 1060. The van der Waals surface area contributed by atoms with Gasteiger partial charge in [0.25, 0.3) is 5.56 Å². The van der Waals surface area contributed by atoms with E-state index in [1.54, 1.807) is 39.0 Å². The van der Waals surface area contributed by atoms with E-state index in [1.165, 1.54) is 0 Å². The number of fused-ring (bicyclic) bond motifs is 1. The van der Waals surface area contributed by atoms with Crippen molar-refractivity contribution < 1.29 is 9.53 Å². The Morgan fingerprint density at radius 1 is 1.35 bits per heavy atom. The van der Waals surface area contributed by atoms with Crippen LogP contribution in [0.4, 0.5) is 0 Å². The van der Waals surface area contributed by atoms with Gasteiger partial charge in [-0.3, -0.25) is 4.79 Å². The van der Waals surface area contributed by atoms with Gasteiger partial charge >= 0.3 is 5.97 Å². The molecule has 0 bridgehead atoms. The van der Waals surface area contributed by atoms with Crippen molar-refractivity contribution in [3.05, 3.63) is 60.4 Å². The number of thiophene rings is 1. The van der Waals surface area contributed by atoms with Crippen molar-refractivity contribution >= 4 is 50.7 Å². The Morgan fingerprint density at radius 3 is 2.73 bits per heavy atom. The fourth-order valence-electron chi connectivity index (χ4n) is 2.58. The molecule has 1 N–H and O–H groups in total. The van der Waals surface area contributed by atoms with Gasteiger partial charge in [-0.05, 0) is 44.0 Å². The molecule has 3 rings (SSSR count). The number of esters is 1. The summed E-state index contributed by atoms with van der Waals surface area (Å²) < 4.78 is 5.24. The van der Waals surface area contributed by atoms with E-state index in [9.17, 15) is 9.59 Å². The minimum atomic E-state index is -0.442. The predicted molar refractivity (Wildman–Crippen MR) is 105 cm³/mol. The first-order chi connectivity index (χ1) is 12.3. The van der Waals surface area contributed by atoms with E-state index in [1.807, 2.05) is 0 Å². The SMILES string of the molecule is Cc1c(C(=O)OC(C)C)sc2nc(Cc3ccc(Cl)cc3Cl)[nH]c(=O)c12. The second-order valence-electron chi connectivity index (χ2n) is 6.12. The van der Waals surface area contributed by atoms with E-state index in [0.29, 0.717) is 42.9 Å². The molecule has 2 heterocycles. The van der Waals surface area contributed by atoms with Crippen LogP contribution < -0.4 is 5.56 Å². The zero-order chi connectivity index (χ0) is 19.0. The third-order valence-corrected chi connectivity index (χ3v) is 5.50. The van der Waals surface area contributed by atoms with E-state index >= 15 is 0 Å². The smallest absolute Gasteiger partial charge is 0.348 e. The molecule has 0 aliphatic carbocycles. The number of hydrogen-bond donors (Lipinski definition) is 1. The summed E-state index contributed by atoms with van der Waals surface area (Å²) in [6.45, 7) is 5.28. The molecule has 5 nitrogen and oxygen atoms in total. The number of carbonyl (C=O) groups excluding carboxylic acids is 1. The van der Waals surface area contributed by atoms with E-state index in [2.05, 4.69) is 9.97 Å². The molecule has 0 amide bonds. The molecule has 136 valence electrons. The summed E-state index contributed by atoms with van der Waals surface area (Å²) in [6.07, 6.45) is 0.116. The van der Waals surface area contributed by atoms with Gasteiger partial charge in [-0.15, -0.1) is 11.3 Å². The van der Waals surface area contributed by atoms with Gasteiger partial charge in [0.05, 0.1) is 11.5 Å². The normalized spacial score (nSPS) is 11.3. The Kier molecular flexibility index (Phi) is 5.37. The van der Waals surface area contributed by atoms with Crippen LogP contribution in [0.3, 0.4) is 0 Å². The lowest BCUT2D eigenvalue weighted by Crippen LogP contribution is -2.13. The van der Waals surface area contributed by atoms with Crippen molar-refractivity contribution in [2.24, 2.45) is 0 Å². The highest BCUT2D eigenvalue weighted by atomic mass is 35.5. The molecule has 0 atom stereocenters. The predicted octanol–water partition coefficient (Wildman–Crippen LogP) is 4.76. The highest BCUT2D eigenvalue weighted by Crippen LogP contribution is 2.29. The van der Waals surface area contributed by atoms with Gasteiger partial charge in [-0.25, -0.2) is 9.78 Å². The quantitative estimate of drug-likeness (QED) is 0.629. The number of H-pyrrole nitrogens is 1.